The highest BCUT2D eigenvalue weighted by Gasteiger charge is 2.28. The van der Waals surface area contributed by atoms with Crippen LogP contribution in [0.5, 0.6) is 5.75 Å². The van der Waals surface area contributed by atoms with E-state index in [9.17, 15) is 9.59 Å². The first kappa shape index (κ1) is 24.2. The lowest BCUT2D eigenvalue weighted by Gasteiger charge is -2.32. The predicted molar refractivity (Wildman–Crippen MR) is 128 cm³/mol. The molecule has 0 spiro atoms. The van der Waals surface area contributed by atoms with E-state index in [1.807, 2.05) is 26.0 Å². The molecule has 0 aliphatic heterocycles. The zero-order chi connectivity index (χ0) is 23.1. The predicted octanol–water partition coefficient (Wildman–Crippen LogP) is 5.05. The first-order valence-corrected chi connectivity index (χ1v) is 12.5. The van der Waals surface area contributed by atoms with Crippen molar-refractivity contribution in [3.05, 3.63) is 45.9 Å². The summed E-state index contributed by atoms with van der Waals surface area (Å²) in [6.07, 6.45) is 4.38. The third kappa shape index (κ3) is 7.05. The fourth-order valence-electron chi connectivity index (χ4n) is 3.93. The minimum atomic E-state index is -0.191. The molecular weight excluding hydrogens is 422 g/mol. The van der Waals surface area contributed by atoms with Gasteiger partial charge in [-0.05, 0) is 42.4 Å². The number of carbonyl (C=O) groups is 2. The summed E-state index contributed by atoms with van der Waals surface area (Å²) in [4.78, 5) is 29.5. The average Bonchev–Trinajstić information content (AvgIpc) is 3.22. The van der Waals surface area contributed by atoms with Crippen molar-refractivity contribution in [3.63, 3.8) is 0 Å². The van der Waals surface area contributed by atoms with Crippen LogP contribution in [0.15, 0.2) is 29.6 Å². The summed E-state index contributed by atoms with van der Waals surface area (Å²) >= 11 is 1.42. The molecule has 1 aliphatic rings. The van der Waals surface area contributed by atoms with Crippen molar-refractivity contribution in [2.75, 3.05) is 0 Å². The van der Waals surface area contributed by atoms with Gasteiger partial charge in [0, 0.05) is 23.9 Å². The van der Waals surface area contributed by atoms with E-state index < -0.39 is 0 Å². The first-order chi connectivity index (χ1) is 15.3. The molecule has 2 aromatic rings. The highest BCUT2D eigenvalue weighted by molar-refractivity contribution is 7.09. The second kappa shape index (κ2) is 11.5. The van der Waals surface area contributed by atoms with E-state index in [1.165, 1.54) is 16.9 Å². The summed E-state index contributed by atoms with van der Waals surface area (Å²) in [6.45, 7) is 8.71. The molecule has 2 N–H and O–H groups in total. The van der Waals surface area contributed by atoms with E-state index in [0.29, 0.717) is 30.6 Å². The Labute approximate surface area is 195 Å². The van der Waals surface area contributed by atoms with Gasteiger partial charge in [-0.3, -0.25) is 9.59 Å². The third-order valence-corrected chi connectivity index (χ3v) is 6.54. The molecular formula is C25H35N3O3S. The normalized spacial score (nSPS) is 18.6. The zero-order valence-electron chi connectivity index (χ0n) is 19.5. The highest BCUT2D eigenvalue weighted by Crippen LogP contribution is 2.22. The second-order valence-electron chi connectivity index (χ2n) is 9.28. The third-order valence-electron chi connectivity index (χ3n) is 5.72. The van der Waals surface area contributed by atoms with Crippen molar-refractivity contribution >= 4 is 23.2 Å². The molecule has 2 amide bonds. The number of hydrogen-bond acceptors (Lipinski definition) is 5. The van der Waals surface area contributed by atoms with Gasteiger partial charge in [0.1, 0.15) is 23.1 Å². The molecule has 32 heavy (non-hydrogen) atoms. The van der Waals surface area contributed by atoms with Gasteiger partial charge in [0.05, 0.1) is 0 Å². The Morgan fingerprint density at radius 3 is 2.34 bits per heavy atom. The summed E-state index contributed by atoms with van der Waals surface area (Å²) in [6, 6.07) is 7.99. The summed E-state index contributed by atoms with van der Waals surface area (Å²) in [7, 11) is 0. The SMILES string of the molecule is CC(C)CC(=O)N[C@@H]1CCCC[C@@H]1NC(=O)c1csc(COc2ccc(C(C)C)cc2)n1. The van der Waals surface area contributed by atoms with Crippen molar-refractivity contribution in [2.45, 2.75) is 84.4 Å². The highest BCUT2D eigenvalue weighted by atomic mass is 32.1. The fraction of sp³-hybridized carbons (Fsp3) is 0.560. The van der Waals surface area contributed by atoms with E-state index in [1.54, 1.807) is 5.38 Å². The monoisotopic (exact) mass is 457 g/mol. The quantitative estimate of drug-likeness (QED) is 0.552. The molecule has 1 saturated carbocycles. The Balaban J connectivity index is 1.53. The lowest BCUT2D eigenvalue weighted by Crippen LogP contribution is -2.53. The molecule has 1 heterocycles. The van der Waals surface area contributed by atoms with Crippen LogP contribution in [0.2, 0.25) is 0 Å². The van der Waals surface area contributed by atoms with Crippen LogP contribution in [0, 0.1) is 5.92 Å². The van der Waals surface area contributed by atoms with Crippen LogP contribution in [0.4, 0.5) is 0 Å². The minimum Gasteiger partial charge on any atom is -0.486 e. The topological polar surface area (TPSA) is 80.3 Å². The molecule has 2 atom stereocenters. The Hall–Kier alpha value is -2.41. The molecule has 6 nitrogen and oxygen atoms in total. The molecule has 3 rings (SSSR count). The zero-order valence-corrected chi connectivity index (χ0v) is 20.3. The van der Waals surface area contributed by atoms with Crippen molar-refractivity contribution in [1.29, 1.82) is 0 Å². The Morgan fingerprint density at radius 1 is 1.06 bits per heavy atom. The van der Waals surface area contributed by atoms with Crippen LogP contribution in [-0.4, -0.2) is 28.9 Å². The van der Waals surface area contributed by atoms with Gasteiger partial charge in [-0.25, -0.2) is 4.98 Å². The molecule has 1 fully saturated rings. The molecule has 1 aromatic carbocycles. The number of carbonyl (C=O) groups excluding carboxylic acids is 2. The molecule has 0 unspecified atom stereocenters. The maximum atomic E-state index is 12.8. The molecule has 174 valence electrons. The second-order valence-corrected chi connectivity index (χ2v) is 10.2. The van der Waals surface area contributed by atoms with Crippen LogP contribution in [-0.2, 0) is 11.4 Å². The Kier molecular flexibility index (Phi) is 8.67. The molecule has 0 saturated heterocycles. The van der Waals surface area contributed by atoms with Gasteiger partial charge in [-0.2, -0.15) is 0 Å². The lowest BCUT2D eigenvalue weighted by molar-refractivity contribution is -0.122. The van der Waals surface area contributed by atoms with E-state index >= 15 is 0 Å². The summed E-state index contributed by atoms with van der Waals surface area (Å²) in [5.74, 6) is 1.45. The largest absolute Gasteiger partial charge is 0.486 e. The van der Waals surface area contributed by atoms with Gasteiger partial charge in [0.25, 0.3) is 5.91 Å². The van der Waals surface area contributed by atoms with Crippen LogP contribution >= 0.6 is 11.3 Å². The molecule has 7 heteroatoms. The minimum absolute atomic E-state index is 0.0193. The number of rotatable bonds is 9. The summed E-state index contributed by atoms with van der Waals surface area (Å²) < 4.78 is 5.83. The number of benzene rings is 1. The maximum absolute atomic E-state index is 12.8. The van der Waals surface area contributed by atoms with Gasteiger partial charge in [0.15, 0.2) is 0 Å². The standard InChI is InChI=1S/C25H35N3O3S/c1-16(2)13-23(29)26-20-7-5-6-8-21(20)28-25(30)22-15-32-24(27-22)14-31-19-11-9-18(10-12-19)17(3)4/h9-12,15-17,20-21H,5-8,13-14H2,1-4H3,(H,26,29)(H,28,30)/t20-,21+/m1/s1. The number of thiazole rings is 1. The molecule has 1 aliphatic carbocycles. The van der Waals surface area contributed by atoms with E-state index in [0.717, 1.165) is 36.4 Å². The fourth-order valence-corrected chi connectivity index (χ4v) is 4.62. The van der Waals surface area contributed by atoms with Gasteiger partial charge in [0.2, 0.25) is 5.91 Å². The molecule has 0 bridgehead atoms. The van der Waals surface area contributed by atoms with E-state index in [4.69, 9.17) is 4.74 Å². The molecule has 1 aromatic heterocycles. The van der Waals surface area contributed by atoms with E-state index in [2.05, 4.69) is 41.6 Å². The maximum Gasteiger partial charge on any atom is 0.271 e. The summed E-state index contributed by atoms with van der Waals surface area (Å²) in [5, 5.41) is 8.74. The molecule has 0 radical (unpaired) electrons. The van der Waals surface area contributed by atoms with Crippen molar-refractivity contribution in [3.8, 4) is 5.75 Å². The van der Waals surface area contributed by atoms with Crippen LogP contribution in [0.3, 0.4) is 0 Å². The first-order valence-electron chi connectivity index (χ1n) is 11.6. The van der Waals surface area contributed by atoms with E-state index in [-0.39, 0.29) is 23.9 Å². The van der Waals surface area contributed by atoms with Crippen molar-refractivity contribution in [1.82, 2.24) is 15.6 Å². The van der Waals surface area contributed by atoms with Gasteiger partial charge in [-0.15, -0.1) is 11.3 Å². The number of amides is 2. The van der Waals surface area contributed by atoms with Gasteiger partial charge < -0.3 is 15.4 Å². The number of aromatic nitrogens is 1. The van der Waals surface area contributed by atoms with Crippen LogP contribution in [0.1, 0.15) is 86.8 Å². The number of ether oxygens (including phenoxy) is 1. The van der Waals surface area contributed by atoms with Crippen molar-refractivity contribution in [2.24, 2.45) is 5.92 Å². The number of nitrogens with zero attached hydrogens (tertiary/aromatic N) is 1. The Morgan fingerprint density at radius 2 is 1.72 bits per heavy atom. The number of hydrogen-bond donors (Lipinski definition) is 2. The van der Waals surface area contributed by atoms with Gasteiger partial charge >= 0.3 is 0 Å². The average molecular weight is 458 g/mol. The van der Waals surface area contributed by atoms with Gasteiger partial charge in [-0.1, -0.05) is 52.7 Å². The Bertz CT molecular complexity index is 892. The van der Waals surface area contributed by atoms with Crippen molar-refractivity contribution < 1.29 is 14.3 Å². The smallest absolute Gasteiger partial charge is 0.271 e. The van der Waals surface area contributed by atoms with Crippen LogP contribution in [0.25, 0.3) is 0 Å². The summed E-state index contributed by atoms with van der Waals surface area (Å²) in [5.41, 5.74) is 1.67. The van der Waals surface area contributed by atoms with Crippen LogP contribution < -0.4 is 15.4 Å². The lowest BCUT2D eigenvalue weighted by atomic mass is 9.90. The number of nitrogens with one attached hydrogen (secondary N) is 2.